The largest absolute Gasteiger partial charge is 0.497 e. The molecule has 1 aliphatic rings. The van der Waals surface area contributed by atoms with Gasteiger partial charge in [0.05, 0.1) is 12.9 Å². The van der Waals surface area contributed by atoms with Gasteiger partial charge >= 0.3 is 0 Å². The Morgan fingerprint density at radius 3 is 2.88 bits per heavy atom. The number of benzene rings is 2. The molecule has 1 amide bonds. The summed E-state index contributed by atoms with van der Waals surface area (Å²) >= 11 is 1.54. The zero-order chi connectivity index (χ0) is 17.5. The maximum atomic E-state index is 12.2. The summed E-state index contributed by atoms with van der Waals surface area (Å²) in [4.78, 5) is 15.7. The molecule has 1 aliphatic heterocycles. The number of ether oxygens (including phenoxy) is 1. The molecule has 1 atom stereocenters. The van der Waals surface area contributed by atoms with Crippen molar-refractivity contribution in [3.8, 4) is 5.75 Å². The molecule has 0 bridgehead atoms. The average Bonchev–Trinajstić information content (AvgIpc) is 3.08. The molecule has 0 radical (unpaired) electrons. The molecule has 0 aromatic heterocycles. The van der Waals surface area contributed by atoms with E-state index in [0.29, 0.717) is 5.75 Å². The van der Waals surface area contributed by atoms with Gasteiger partial charge in [0.1, 0.15) is 5.75 Å². The first-order valence-corrected chi connectivity index (χ1v) is 9.54. The highest BCUT2D eigenvalue weighted by molar-refractivity contribution is 8.00. The fourth-order valence-electron chi connectivity index (χ4n) is 3.04. The predicted octanol–water partition coefficient (Wildman–Crippen LogP) is 3.18. The summed E-state index contributed by atoms with van der Waals surface area (Å²) in [5.41, 5.74) is 1.32. The minimum absolute atomic E-state index is 0.0966. The van der Waals surface area contributed by atoms with E-state index in [9.17, 15) is 4.79 Å². The summed E-state index contributed by atoms with van der Waals surface area (Å²) in [6.45, 7) is 2.90. The van der Waals surface area contributed by atoms with Crippen molar-refractivity contribution in [1.29, 1.82) is 0 Å². The Hall–Kier alpha value is -1.98. The normalized spacial score (nSPS) is 17.4. The summed E-state index contributed by atoms with van der Waals surface area (Å²) in [5, 5.41) is 3.16. The number of carbonyl (C=O) groups excluding carboxylic acids is 1. The molecular weight excluding hydrogens is 332 g/mol. The first kappa shape index (κ1) is 17.8. The van der Waals surface area contributed by atoms with Crippen LogP contribution in [0.4, 0.5) is 0 Å². The van der Waals surface area contributed by atoms with E-state index in [1.54, 1.807) is 7.11 Å². The lowest BCUT2D eigenvalue weighted by atomic mass is 10.2. The van der Waals surface area contributed by atoms with Crippen LogP contribution in [-0.2, 0) is 11.3 Å². The first-order chi connectivity index (χ1) is 12.2. The van der Waals surface area contributed by atoms with E-state index in [4.69, 9.17) is 4.74 Å². The third kappa shape index (κ3) is 5.51. The van der Waals surface area contributed by atoms with E-state index in [-0.39, 0.29) is 11.9 Å². The van der Waals surface area contributed by atoms with Crippen LogP contribution in [0.5, 0.6) is 5.75 Å². The Kier molecular flexibility index (Phi) is 6.36. The molecular formula is C20H24N2O2S. The number of methoxy groups -OCH3 is 1. The number of nitrogens with zero attached hydrogens (tertiary/aromatic N) is 1. The first-order valence-electron chi connectivity index (χ1n) is 8.55. The Morgan fingerprint density at radius 2 is 2.08 bits per heavy atom. The third-order valence-corrected chi connectivity index (χ3v) is 5.29. The van der Waals surface area contributed by atoms with E-state index in [2.05, 4.69) is 34.5 Å². The number of thioether (sulfide) groups is 1. The summed E-state index contributed by atoms with van der Waals surface area (Å²) in [6.07, 6.45) is 1.02. The molecule has 1 fully saturated rings. The van der Waals surface area contributed by atoms with Crippen molar-refractivity contribution in [1.82, 2.24) is 10.2 Å². The number of hydrogen-bond acceptors (Lipinski definition) is 4. The molecule has 4 nitrogen and oxygen atoms in total. The SMILES string of the molecule is COc1cccc(SCC(=O)N[C@H]2CCN(Cc3ccccc3)C2)c1. The number of hydrogen-bond donors (Lipinski definition) is 1. The quantitative estimate of drug-likeness (QED) is 0.774. The van der Waals surface area contributed by atoms with Gasteiger partial charge in [-0.3, -0.25) is 9.69 Å². The average molecular weight is 356 g/mol. The van der Waals surface area contributed by atoms with Crippen LogP contribution in [0.2, 0.25) is 0 Å². The van der Waals surface area contributed by atoms with Crippen LogP contribution in [0, 0.1) is 0 Å². The summed E-state index contributed by atoms with van der Waals surface area (Å²) in [5.74, 6) is 1.35. The van der Waals surface area contributed by atoms with Gasteiger partial charge in [0.15, 0.2) is 0 Å². The lowest BCUT2D eigenvalue weighted by molar-refractivity contribution is -0.119. The highest BCUT2D eigenvalue weighted by Crippen LogP contribution is 2.22. The highest BCUT2D eigenvalue weighted by atomic mass is 32.2. The molecule has 1 N–H and O–H groups in total. The van der Waals surface area contributed by atoms with E-state index in [1.165, 1.54) is 17.3 Å². The van der Waals surface area contributed by atoms with Crippen molar-refractivity contribution in [3.63, 3.8) is 0 Å². The fraction of sp³-hybridized carbons (Fsp3) is 0.350. The Morgan fingerprint density at radius 1 is 1.24 bits per heavy atom. The smallest absolute Gasteiger partial charge is 0.230 e. The van der Waals surface area contributed by atoms with Gasteiger partial charge in [-0.1, -0.05) is 36.4 Å². The number of rotatable bonds is 7. The Bertz CT molecular complexity index is 693. The van der Waals surface area contributed by atoms with Gasteiger partial charge in [-0.25, -0.2) is 0 Å². The zero-order valence-corrected chi connectivity index (χ0v) is 15.3. The van der Waals surface area contributed by atoms with Gasteiger partial charge in [0.25, 0.3) is 0 Å². The molecule has 1 heterocycles. The minimum atomic E-state index is 0.0966. The molecule has 0 saturated carbocycles. The van der Waals surface area contributed by atoms with Crippen molar-refractivity contribution in [2.24, 2.45) is 0 Å². The molecule has 1 saturated heterocycles. The maximum Gasteiger partial charge on any atom is 0.230 e. The van der Waals surface area contributed by atoms with Gasteiger partial charge in [-0.05, 0) is 30.2 Å². The third-order valence-electron chi connectivity index (χ3n) is 4.30. The van der Waals surface area contributed by atoms with Crippen molar-refractivity contribution in [2.75, 3.05) is 26.0 Å². The van der Waals surface area contributed by atoms with Crippen LogP contribution < -0.4 is 10.1 Å². The predicted molar refractivity (Wildman–Crippen MR) is 102 cm³/mol. The van der Waals surface area contributed by atoms with Crippen LogP contribution in [0.3, 0.4) is 0 Å². The maximum absolute atomic E-state index is 12.2. The van der Waals surface area contributed by atoms with Crippen molar-refractivity contribution < 1.29 is 9.53 Å². The second-order valence-corrected chi connectivity index (χ2v) is 7.29. The minimum Gasteiger partial charge on any atom is -0.497 e. The number of likely N-dealkylation sites (tertiary alicyclic amines) is 1. The molecule has 0 aliphatic carbocycles. The van der Waals surface area contributed by atoms with Crippen LogP contribution in [0.15, 0.2) is 59.5 Å². The second-order valence-electron chi connectivity index (χ2n) is 6.24. The van der Waals surface area contributed by atoms with Gasteiger partial charge in [0.2, 0.25) is 5.91 Å². The van der Waals surface area contributed by atoms with Crippen LogP contribution >= 0.6 is 11.8 Å². The van der Waals surface area contributed by atoms with Crippen molar-refractivity contribution in [2.45, 2.75) is 23.9 Å². The zero-order valence-electron chi connectivity index (χ0n) is 14.5. The van der Waals surface area contributed by atoms with Gasteiger partial charge in [-0.15, -0.1) is 11.8 Å². The van der Waals surface area contributed by atoms with Crippen molar-refractivity contribution in [3.05, 3.63) is 60.2 Å². The van der Waals surface area contributed by atoms with Crippen LogP contribution in [0.1, 0.15) is 12.0 Å². The monoisotopic (exact) mass is 356 g/mol. The number of amides is 1. The molecule has 2 aromatic rings. The standard InChI is InChI=1S/C20H24N2O2S/c1-24-18-8-5-9-19(12-18)25-15-20(23)21-17-10-11-22(14-17)13-16-6-3-2-4-7-16/h2-9,12,17H,10-11,13-15H2,1H3,(H,21,23)/t17-/m0/s1. The van der Waals surface area contributed by atoms with Crippen molar-refractivity contribution >= 4 is 17.7 Å². The van der Waals surface area contributed by atoms with E-state index in [1.807, 2.05) is 30.3 Å². The summed E-state index contributed by atoms with van der Waals surface area (Å²) in [6, 6.07) is 18.5. The lowest BCUT2D eigenvalue weighted by Crippen LogP contribution is -2.37. The van der Waals surface area contributed by atoms with Crippen LogP contribution in [-0.4, -0.2) is 42.8 Å². The van der Waals surface area contributed by atoms with Crippen LogP contribution in [0.25, 0.3) is 0 Å². The highest BCUT2D eigenvalue weighted by Gasteiger charge is 2.23. The lowest BCUT2D eigenvalue weighted by Gasteiger charge is -2.16. The topological polar surface area (TPSA) is 41.6 Å². The molecule has 0 spiro atoms. The number of carbonyl (C=O) groups is 1. The molecule has 3 rings (SSSR count). The fourth-order valence-corrected chi connectivity index (χ4v) is 3.80. The second kappa shape index (κ2) is 8.92. The summed E-state index contributed by atoms with van der Waals surface area (Å²) in [7, 11) is 1.65. The molecule has 5 heteroatoms. The summed E-state index contributed by atoms with van der Waals surface area (Å²) < 4.78 is 5.21. The molecule has 2 aromatic carbocycles. The van der Waals surface area contributed by atoms with Gasteiger partial charge in [-0.2, -0.15) is 0 Å². The van der Waals surface area contributed by atoms with E-state index < -0.39 is 0 Å². The number of nitrogens with one attached hydrogen (secondary N) is 1. The Labute approximate surface area is 153 Å². The van der Waals surface area contributed by atoms with Gasteiger partial charge < -0.3 is 10.1 Å². The Balaban J connectivity index is 1.41. The molecule has 25 heavy (non-hydrogen) atoms. The molecule has 0 unspecified atom stereocenters. The molecule has 132 valence electrons. The van der Waals surface area contributed by atoms with E-state index in [0.717, 1.165) is 36.7 Å². The van der Waals surface area contributed by atoms with E-state index >= 15 is 0 Å². The van der Waals surface area contributed by atoms with Gasteiger partial charge in [0, 0.05) is 30.6 Å².